The van der Waals surface area contributed by atoms with Crippen molar-refractivity contribution in [3.63, 3.8) is 0 Å². The van der Waals surface area contributed by atoms with Crippen molar-refractivity contribution in [3.8, 4) is 5.75 Å². The summed E-state index contributed by atoms with van der Waals surface area (Å²) >= 11 is 0. The second kappa shape index (κ2) is 4.57. The molecule has 0 heterocycles. The highest BCUT2D eigenvalue weighted by molar-refractivity contribution is 5.74. The molecule has 0 atom stereocenters. The molecule has 0 unspecified atom stereocenters. The van der Waals surface area contributed by atoms with Gasteiger partial charge in [-0.25, -0.2) is 4.39 Å². The molecular weight excluding hydrogens is 173 g/mol. The first kappa shape index (κ1) is 9.67. The molecule has 0 saturated heterocycles. The maximum Gasteiger partial charge on any atom is 0.165 e. The van der Waals surface area contributed by atoms with E-state index < -0.39 is 5.82 Å². The smallest absolute Gasteiger partial charge is 0.165 e. The van der Waals surface area contributed by atoms with Crippen LogP contribution >= 0.6 is 0 Å². The summed E-state index contributed by atoms with van der Waals surface area (Å²) in [5.41, 5.74) is 5.47. The van der Waals surface area contributed by atoms with Gasteiger partial charge in [-0.1, -0.05) is 0 Å². The summed E-state index contributed by atoms with van der Waals surface area (Å²) in [6, 6.07) is 4.02. The number of benzene rings is 1. The predicted octanol–water partition coefficient (Wildman–Crippen LogP) is 0.976. The Kier molecular flexibility index (Phi) is 3.40. The van der Waals surface area contributed by atoms with Crippen LogP contribution in [0.5, 0.6) is 5.75 Å². The minimum absolute atomic E-state index is 0.121. The lowest BCUT2D eigenvalue weighted by Crippen LogP contribution is -2.11. The van der Waals surface area contributed by atoms with Gasteiger partial charge in [0, 0.05) is 12.1 Å². The number of carbonyl (C=O) groups is 1. The quantitative estimate of drug-likeness (QED) is 0.708. The average Bonchev–Trinajstić information content (AvgIpc) is 2.16. The van der Waals surface area contributed by atoms with Crippen LogP contribution in [-0.2, 0) is 0 Å². The molecule has 1 aromatic carbocycles. The van der Waals surface area contributed by atoms with Gasteiger partial charge >= 0.3 is 0 Å². The molecule has 0 saturated carbocycles. The molecule has 0 spiro atoms. The summed E-state index contributed by atoms with van der Waals surface area (Å²) in [4.78, 5) is 10.3. The van der Waals surface area contributed by atoms with Crippen molar-refractivity contribution in [2.24, 2.45) is 5.73 Å². The fraction of sp³-hybridized carbons (Fsp3) is 0.222. The van der Waals surface area contributed by atoms with E-state index in [4.69, 9.17) is 10.5 Å². The number of hydrogen-bond donors (Lipinski definition) is 1. The van der Waals surface area contributed by atoms with E-state index in [1.165, 1.54) is 12.1 Å². The van der Waals surface area contributed by atoms with E-state index in [9.17, 15) is 9.18 Å². The van der Waals surface area contributed by atoms with E-state index in [1.807, 2.05) is 0 Å². The number of halogens is 1. The Hall–Kier alpha value is -1.42. The molecule has 0 aliphatic heterocycles. The van der Waals surface area contributed by atoms with E-state index in [0.717, 1.165) is 6.07 Å². The monoisotopic (exact) mass is 183 g/mol. The van der Waals surface area contributed by atoms with Gasteiger partial charge in [-0.3, -0.25) is 4.79 Å². The summed E-state index contributed by atoms with van der Waals surface area (Å²) in [7, 11) is 0. The maximum atomic E-state index is 13.0. The topological polar surface area (TPSA) is 52.3 Å². The Bertz CT molecular complexity index is 302. The molecular formula is C9H10FNO2. The lowest BCUT2D eigenvalue weighted by Gasteiger charge is -2.05. The molecule has 0 radical (unpaired) electrons. The van der Waals surface area contributed by atoms with Gasteiger partial charge in [-0.05, 0) is 18.2 Å². The Morgan fingerprint density at radius 2 is 2.31 bits per heavy atom. The molecule has 2 N–H and O–H groups in total. The van der Waals surface area contributed by atoms with Crippen LogP contribution in [0.2, 0.25) is 0 Å². The average molecular weight is 183 g/mol. The molecule has 70 valence electrons. The fourth-order valence-corrected chi connectivity index (χ4v) is 0.876. The number of nitrogens with two attached hydrogens (primary N) is 1. The van der Waals surface area contributed by atoms with Crippen molar-refractivity contribution >= 4 is 6.29 Å². The number of aldehydes is 1. The Balaban J connectivity index is 2.79. The van der Waals surface area contributed by atoms with Crippen LogP contribution in [0.1, 0.15) is 10.4 Å². The van der Waals surface area contributed by atoms with E-state index in [2.05, 4.69) is 0 Å². The summed E-state index contributed by atoms with van der Waals surface area (Å²) in [6.45, 7) is 0.590. The third kappa shape index (κ3) is 2.52. The summed E-state index contributed by atoms with van der Waals surface area (Å²) in [5.74, 6) is -0.422. The van der Waals surface area contributed by atoms with Crippen LogP contribution in [0, 0.1) is 5.82 Å². The van der Waals surface area contributed by atoms with E-state index in [0.29, 0.717) is 12.8 Å². The molecule has 1 rings (SSSR count). The molecule has 1 aromatic rings. The molecule has 4 heteroatoms. The van der Waals surface area contributed by atoms with Crippen molar-refractivity contribution < 1.29 is 13.9 Å². The summed E-state index contributed by atoms with van der Waals surface area (Å²) in [5, 5.41) is 0. The van der Waals surface area contributed by atoms with Crippen LogP contribution in [0.15, 0.2) is 18.2 Å². The maximum absolute atomic E-state index is 13.0. The zero-order valence-corrected chi connectivity index (χ0v) is 7.00. The van der Waals surface area contributed by atoms with E-state index in [-0.39, 0.29) is 17.9 Å². The molecule has 3 nitrogen and oxygen atoms in total. The van der Waals surface area contributed by atoms with Gasteiger partial charge in [0.25, 0.3) is 0 Å². The normalized spacial score (nSPS) is 9.69. The highest BCUT2D eigenvalue weighted by Crippen LogP contribution is 2.17. The minimum atomic E-state index is -0.543. The zero-order valence-electron chi connectivity index (χ0n) is 7.00. The third-order valence-corrected chi connectivity index (χ3v) is 1.47. The Morgan fingerprint density at radius 3 is 2.85 bits per heavy atom. The van der Waals surface area contributed by atoms with Gasteiger partial charge in [0.1, 0.15) is 12.9 Å². The van der Waals surface area contributed by atoms with Crippen molar-refractivity contribution in [1.29, 1.82) is 0 Å². The van der Waals surface area contributed by atoms with Gasteiger partial charge in [0.05, 0.1) is 0 Å². The number of rotatable bonds is 4. The van der Waals surface area contributed by atoms with E-state index >= 15 is 0 Å². The van der Waals surface area contributed by atoms with Crippen molar-refractivity contribution in [1.82, 2.24) is 0 Å². The molecule has 13 heavy (non-hydrogen) atoms. The van der Waals surface area contributed by atoms with Crippen LogP contribution < -0.4 is 10.5 Å². The first-order valence-electron chi connectivity index (χ1n) is 3.85. The molecule has 0 aliphatic rings. The highest BCUT2D eigenvalue weighted by atomic mass is 19.1. The van der Waals surface area contributed by atoms with Gasteiger partial charge in [0.15, 0.2) is 11.6 Å². The first-order valence-corrected chi connectivity index (χ1v) is 3.85. The predicted molar refractivity (Wildman–Crippen MR) is 46.3 cm³/mol. The molecule has 0 amide bonds. The SMILES string of the molecule is NCCOc1ccc(C=O)cc1F. The lowest BCUT2D eigenvalue weighted by atomic mass is 10.2. The van der Waals surface area contributed by atoms with E-state index in [1.54, 1.807) is 0 Å². The number of hydrogen-bond acceptors (Lipinski definition) is 3. The standard InChI is InChI=1S/C9H10FNO2/c10-8-5-7(6-12)1-2-9(8)13-4-3-11/h1-2,5-6H,3-4,11H2. The van der Waals surface area contributed by atoms with Crippen molar-refractivity contribution in [2.45, 2.75) is 0 Å². The van der Waals surface area contributed by atoms with Gasteiger partial charge < -0.3 is 10.5 Å². The minimum Gasteiger partial charge on any atom is -0.489 e. The van der Waals surface area contributed by atoms with Crippen LogP contribution in [-0.4, -0.2) is 19.4 Å². The first-order chi connectivity index (χ1) is 6.27. The van der Waals surface area contributed by atoms with Crippen LogP contribution in [0.4, 0.5) is 4.39 Å². The molecule has 0 fully saturated rings. The Morgan fingerprint density at radius 1 is 1.54 bits per heavy atom. The molecule has 0 aromatic heterocycles. The molecule has 0 bridgehead atoms. The second-order valence-electron chi connectivity index (χ2n) is 2.44. The zero-order chi connectivity index (χ0) is 9.68. The van der Waals surface area contributed by atoms with Gasteiger partial charge in [-0.15, -0.1) is 0 Å². The number of carbonyl (C=O) groups excluding carboxylic acids is 1. The summed E-state index contributed by atoms with van der Waals surface area (Å²) < 4.78 is 18.0. The van der Waals surface area contributed by atoms with Crippen molar-refractivity contribution in [3.05, 3.63) is 29.6 Å². The highest BCUT2D eigenvalue weighted by Gasteiger charge is 2.03. The second-order valence-corrected chi connectivity index (χ2v) is 2.44. The van der Waals surface area contributed by atoms with Gasteiger partial charge in [-0.2, -0.15) is 0 Å². The van der Waals surface area contributed by atoms with Crippen LogP contribution in [0.25, 0.3) is 0 Å². The summed E-state index contributed by atoms with van der Waals surface area (Å²) in [6.07, 6.45) is 0.579. The van der Waals surface area contributed by atoms with Gasteiger partial charge in [0.2, 0.25) is 0 Å². The Labute approximate surface area is 75.3 Å². The van der Waals surface area contributed by atoms with Crippen LogP contribution in [0.3, 0.4) is 0 Å². The molecule has 0 aliphatic carbocycles. The largest absolute Gasteiger partial charge is 0.489 e. The fourth-order valence-electron chi connectivity index (χ4n) is 0.876. The third-order valence-electron chi connectivity index (χ3n) is 1.47. The lowest BCUT2D eigenvalue weighted by molar-refractivity contribution is 0.112. The van der Waals surface area contributed by atoms with Crippen molar-refractivity contribution in [2.75, 3.05) is 13.2 Å². The number of ether oxygens (including phenoxy) is 1.